The number of rotatable bonds is 5. The normalized spacial score (nSPS) is 15.7. The molecular formula is C15H21NO4. The number of hydrogen-bond donors (Lipinski definition) is 1. The molecule has 1 aromatic carbocycles. The van der Waals surface area contributed by atoms with Gasteiger partial charge in [0.15, 0.2) is 11.5 Å². The van der Waals surface area contributed by atoms with Crippen LogP contribution < -0.4 is 14.8 Å². The van der Waals surface area contributed by atoms with Crippen molar-refractivity contribution in [3.8, 4) is 11.5 Å². The zero-order valence-corrected chi connectivity index (χ0v) is 12.0. The van der Waals surface area contributed by atoms with E-state index in [1.807, 2.05) is 0 Å². The third-order valence-corrected chi connectivity index (χ3v) is 3.52. The second-order valence-corrected chi connectivity index (χ2v) is 4.86. The van der Waals surface area contributed by atoms with Crippen molar-refractivity contribution in [1.29, 1.82) is 0 Å². The summed E-state index contributed by atoms with van der Waals surface area (Å²) in [5, 5.41) is 3.33. The van der Waals surface area contributed by atoms with Gasteiger partial charge in [-0.25, -0.2) is 4.79 Å². The van der Waals surface area contributed by atoms with Gasteiger partial charge in [0, 0.05) is 0 Å². The van der Waals surface area contributed by atoms with Crippen LogP contribution in [-0.4, -0.2) is 39.9 Å². The van der Waals surface area contributed by atoms with Crippen molar-refractivity contribution in [3.05, 3.63) is 23.8 Å². The Morgan fingerprint density at radius 2 is 2.00 bits per heavy atom. The summed E-state index contributed by atoms with van der Waals surface area (Å²) in [6.45, 7) is 2.71. The van der Waals surface area contributed by atoms with Gasteiger partial charge in [0.1, 0.15) is 0 Å². The maximum absolute atomic E-state index is 11.5. The molecule has 1 aliphatic heterocycles. The number of piperidine rings is 1. The smallest absolute Gasteiger partial charge is 0.337 e. The number of nitrogens with one attached hydrogen (secondary N) is 1. The van der Waals surface area contributed by atoms with E-state index in [0.29, 0.717) is 29.6 Å². The van der Waals surface area contributed by atoms with Crippen molar-refractivity contribution in [3.63, 3.8) is 0 Å². The average Bonchev–Trinajstić information content (AvgIpc) is 2.52. The van der Waals surface area contributed by atoms with Crippen molar-refractivity contribution >= 4 is 5.97 Å². The Morgan fingerprint density at radius 1 is 1.25 bits per heavy atom. The second kappa shape index (κ2) is 7.14. The molecule has 5 nitrogen and oxygen atoms in total. The zero-order chi connectivity index (χ0) is 14.4. The van der Waals surface area contributed by atoms with Crippen LogP contribution in [0, 0.1) is 5.92 Å². The molecule has 0 aliphatic carbocycles. The van der Waals surface area contributed by atoms with Crippen LogP contribution in [-0.2, 0) is 4.74 Å². The molecule has 1 saturated heterocycles. The van der Waals surface area contributed by atoms with E-state index in [0.717, 1.165) is 25.9 Å². The van der Waals surface area contributed by atoms with Gasteiger partial charge in [-0.05, 0) is 50.0 Å². The molecule has 20 heavy (non-hydrogen) atoms. The van der Waals surface area contributed by atoms with Crippen LogP contribution in [0.3, 0.4) is 0 Å². The Balaban J connectivity index is 2.05. The summed E-state index contributed by atoms with van der Waals surface area (Å²) in [6.07, 6.45) is 2.22. The van der Waals surface area contributed by atoms with E-state index in [2.05, 4.69) is 5.32 Å². The van der Waals surface area contributed by atoms with Gasteiger partial charge in [0.05, 0.1) is 26.4 Å². The standard InChI is InChI=1S/C15H21NO4/c1-18-13-4-3-12(15(17)19-2)9-14(13)20-10-11-5-7-16-8-6-11/h3-4,9,11,16H,5-8,10H2,1-2H3. The predicted molar refractivity (Wildman–Crippen MR) is 75.4 cm³/mol. The number of ether oxygens (including phenoxy) is 3. The number of esters is 1. The number of carbonyl (C=O) groups is 1. The minimum Gasteiger partial charge on any atom is -0.493 e. The Hall–Kier alpha value is -1.75. The molecule has 5 heteroatoms. The minimum atomic E-state index is -0.376. The summed E-state index contributed by atoms with van der Waals surface area (Å²) in [4.78, 5) is 11.5. The van der Waals surface area contributed by atoms with Gasteiger partial charge in [0.25, 0.3) is 0 Å². The Labute approximate surface area is 119 Å². The first-order valence-corrected chi connectivity index (χ1v) is 6.84. The lowest BCUT2D eigenvalue weighted by Gasteiger charge is -2.23. The van der Waals surface area contributed by atoms with Gasteiger partial charge < -0.3 is 19.5 Å². The van der Waals surface area contributed by atoms with E-state index in [-0.39, 0.29) is 5.97 Å². The molecule has 1 heterocycles. The Morgan fingerprint density at radius 3 is 2.65 bits per heavy atom. The number of methoxy groups -OCH3 is 2. The van der Waals surface area contributed by atoms with E-state index >= 15 is 0 Å². The molecule has 1 aliphatic rings. The summed E-state index contributed by atoms with van der Waals surface area (Å²) >= 11 is 0. The number of hydrogen-bond acceptors (Lipinski definition) is 5. The first-order valence-electron chi connectivity index (χ1n) is 6.84. The van der Waals surface area contributed by atoms with E-state index in [4.69, 9.17) is 14.2 Å². The van der Waals surface area contributed by atoms with E-state index < -0.39 is 0 Å². The molecule has 0 saturated carbocycles. The van der Waals surface area contributed by atoms with Gasteiger partial charge in [-0.2, -0.15) is 0 Å². The highest BCUT2D eigenvalue weighted by molar-refractivity contribution is 5.90. The zero-order valence-electron chi connectivity index (χ0n) is 12.0. The molecule has 0 atom stereocenters. The lowest BCUT2D eigenvalue weighted by molar-refractivity contribution is 0.0600. The molecule has 0 bridgehead atoms. The molecule has 2 rings (SSSR count). The van der Waals surface area contributed by atoms with Crippen LogP contribution >= 0.6 is 0 Å². The molecule has 0 spiro atoms. The molecule has 1 aromatic rings. The van der Waals surface area contributed by atoms with Gasteiger partial charge in [-0.1, -0.05) is 0 Å². The van der Waals surface area contributed by atoms with Crippen LogP contribution in [0.4, 0.5) is 0 Å². The fourth-order valence-electron chi connectivity index (χ4n) is 2.29. The molecule has 0 aromatic heterocycles. The third kappa shape index (κ3) is 3.63. The largest absolute Gasteiger partial charge is 0.493 e. The molecule has 110 valence electrons. The SMILES string of the molecule is COC(=O)c1ccc(OC)c(OCC2CCNCC2)c1. The van der Waals surface area contributed by atoms with Crippen LogP contribution in [0.5, 0.6) is 11.5 Å². The number of carbonyl (C=O) groups excluding carboxylic acids is 1. The fourth-order valence-corrected chi connectivity index (χ4v) is 2.29. The maximum atomic E-state index is 11.5. The fraction of sp³-hybridized carbons (Fsp3) is 0.533. The van der Waals surface area contributed by atoms with Crippen LogP contribution in [0.25, 0.3) is 0 Å². The molecule has 0 amide bonds. The highest BCUT2D eigenvalue weighted by Gasteiger charge is 2.16. The van der Waals surface area contributed by atoms with E-state index in [1.54, 1.807) is 25.3 Å². The monoisotopic (exact) mass is 279 g/mol. The number of benzene rings is 1. The lowest BCUT2D eigenvalue weighted by Crippen LogP contribution is -2.30. The minimum absolute atomic E-state index is 0.376. The van der Waals surface area contributed by atoms with Gasteiger partial charge in [-0.3, -0.25) is 0 Å². The Kier molecular flexibility index (Phi) is 5.24. The molecule has 0 radical (unpaired) electrons. The Bertz CT molecular complexity index is 455. The van der Waals surface area contributed by atoms with Crippen molar-refractivity contribution in [1.82, 2.24) is 5.32 Å². The van der Waals surface area contributed by atoms with Gasteiger partial charge >= 0.3 is 5.97 Å². The summed E-state index contributed by atoms with van der Waals surface area (Å²) < 4.78 is 15.8. The molecule has 1 N–H and O–H groups in total. The lowest BCUT2D eigenvalue weighted by atomic mass is 9.99. The highest BCUT2D eigenvalue weighted by Crippen LogP contribution is 2.29. The molecular weight excluding hydrogens is 258 g/mol. The van der Waals surface area contributed by atoms with Crippen LogP contribution in [0.1, 0.15) is 23.2 Å². The van der Waals surface area contributed by atoms with Crippen molar-refractivity contribution in [2.45, 2.75) is 12.8 Å². The summed E-state index contributed by atoms with van der Waals surface area (Å²) in [7, 11) is 2.95. The highest BCUT2D eigenvalue weighted by atomic mass is 16.5. The second-order valence-electron chi connectivity index (χ2n) is 4.86. The topological polar surface area (TPSA) is 56.8 Å². The van der Waals surface area contributed by atoms with Crippen LogP contribution in [0.15, 0.2) is 18.2 Å². The molecule has 1 fully saturated rings. The van der Waals surface area contributed by atoms with E-state index in [1.165, 1.54) is 7.11 Å². The van der Waals surface area contributed by atoms with Crippen molar-refractivity contribution in [2.75, 3.05) is 33.9 Å². The summed E-state index contributed by atoms with van der Waals surface area (Å²) in [6, 6.07) is 5.07. The third-order valence-electron chi connectivity index (χ3n) is 3.52. The van der Waals surface area contributed by atoms with Gasteiger partial charge in [0.2, 0.25) is 0 Å². The first-order chi connectivity index (χ1) is 9.74. The van der Waals surface area contributed by atoms with Crippen LogP contribution in [0.2, 0.25) is 0 Å². The average molecular weight is 279 g/mol. The summed E-state index contributed by atoms with van der Waals surface area (Å²) in [5.74, 6) is 1.39. The van der Waals surface area contributed by atoms with Crippen molar-refractivity contribution in [2.24, 2.45) is 5.92 Å². The summed E-state index contributed by atoms with van der Waals surface area (Å²) in [5.41, 5.74) is 0.466. The maximum Gasteiger partial charge on any atom is 0.337 e. The van der Waals surface area contributed by atoms with Crippen molar-refractivity contribution < 1.29 is 19.0 Å². The molecule has 0 unspecified atom stereocenters. The first kappa shape index (κ1) is 14.7. The predicted octanol–water partition coefficient (Wildman–Crippen LogP) is 1.86. The van der Waals surface area contributed by atoms with Gasteiger partial charge in [-0.15, -0.1) is 0 Å². The van der Waals surface area contributed by atoms with E-state index in [9.17, 15) is 4.79 Å². The quantitative estimate of drug-likeness (QED) is 0.834.